The molecule has 4 rings (SSSR count). The monoisotopic (exact) mass is 432 g/mol. The molecule has 0 N–H and O–H groups in total. The lowest BCUT2D eigenvalue weighted by atomic mass is 9.94. The zero-order valence-electron chi connectivity index (χ0n) is 18.3. The Morgan fingerprint density at radius 2 is 1.47 bits per heavy atom. The van der Waals surface area contributed by atoms with Crippen LogP contribution in [0.4, 0.5) is 0 Å². The number of hydrogen-bond acceptors (Lipinski definition) is 4. The van der Waals surface area contributed by atoms with E-state index in [1.165, 1.54) is 37.8 Å². The van der Waals surface area contributed by atoms with Crippen molar-refractivity contribution in [3.8, 4) is 22.5 Å². The van der Waals surface area contributed by atoms with Gasteiger partial charge in [-0.25, -0.2) is 9.97 Å². The Hall–Kier alpha value is -2.30. The second-order valence-corrected chi connectivity index (χ2v) is 10.1. The average Bonchev–Trinajstić information content (AvgIpc) is 3.40. The molecule has 2 heterocycles. The first kappa shape index (κ1) is 21.0. The highest BCUT2D eigenvalue weighted by Gasteiger charge is 2.16. The second kappa shape index (κ2) is 8.83. The van der Waals surface area contributed by atoms with Crippen molar-refractivity contribution in [2.75, 3.05) is 0 Å². The number of aromatic nitrogens is 2. The van der Waals surface area contributed by atoms with Crippen molar-refractivity contribution >= 4 is 22.7 Å². The summed E-state index contributed by atoms with van der Waals surface area (Å²) in [4.78, 5) is 9.82. The quantitative estimate of drug-likeness (QED) is 0.308. The summed E-state index contributed by atoms with van der Waals surface area (Å²) in [5.74, 6) is 0.852. The van der Waals surface area contributed by atoms with Crippen LogP contribution in [0.15, 0.2) is 53.2 Å². The highest BCUT2D eigenvalue weighted by molar-refractivity contribution is 7.10. The van der Waals surface area contributed by atoms with E-state index in [0.717, 1.165) is 17.8 Å². The van der Waals surface area contributed by atoms with Crippen molar-refractivity contribution in [2.24, 2.45) is 0 Å². The van der Waals surface area contributed by atoms with Crippen LogP contribution in [0.25, 0.3) is 22.5 Å². The minimum absolute atomic E-state index is 0.379. The number of nitrogens with zero attached hydrogens (tertiary/aromatic N) is 2. The molecule has 0 radical (unpaired) electrons. The van der Waals surface area contributed by atoms with Gasteiger partial charge in [-0.3, -0.25) is 0 Å². The van der Waals surface area contributed by atoms with Gasteiger partial charge in [0.25, 0.3) is 0 Å². The van der Waals surface area contributed by atoms with Crippen molar-refractivity contribution in [3.05, 3.63) is 79.9 Å². The fourth-order valence-corrected chi connectivity index (χ4v) is 5.37. The lowest BCUT2D eigenvalue weighted by molar-refractivity contribution is 0.748. The molecular weight excluding hydrogens is 404 g/mol. The first-order valence-electron chi connectivity index (χ1n) is 10.5. The summed E-state index contributed by atoms with van der Waals surface area (Å²) in [7, 11) is 0. The molecule has 0 saturated heterocycles. The molecule has 0 saturated carbocycles. The van der Waals surface area contributed by atoms with Crippen LogP contribution in [0.3, 0.4) is 0 Å². The van der Waals surface area contributed by atoms with Crippen LogP contribution in [0.1, 0.15) is 59.3 Å². The molecule has 0 fully saturated rings. The molecule has 154 valence electrons. The van der Waals surface area contributed by atoms with Crippen LogP contribution >= 0.6 is 22.7 Å². The molecule has 0 spiro atoms. The largest absolute Gasteiger partial charge is 0.241 e. The lowest BCUT2D eigenvalue weighted by Crippen LogP contribution is -2.01. The van der Waals surface area contributed by atoms with Crippen LogP contribution in [-0.4, -0.2) is 9.97 Å². The Balaban J connectivity index is 1.55. The standard InChI is InChI=1S/C26H28N2S2/c1-16(2)25-28-24(15-29-25)22-8-6-7-21(19(22)5)13-18(4)26-27-23(14-30-26)20-11-9-17(3)10-12-20/h6-12,14-16,18H,13H2,1-5H3. The maximum atomic E-state index is 4.95. The van der Waals surface area contributed by atoms with Crippen LogP contribution in [0.5, 0.6) is 0 Å². The molecule has 30 heavy (non-hydrogen) atoms. The molecule has 4 heteroatoms. The molecule has 2 nitrogen and oxygen atoms in total. The van der Waals surface area contributed by atoms with Crippen LogP contribution in [0, 0.1) is 13.8 Å². The minimum atomic E-state index is 0.379. The van der Waals surface area contributed by atoms with Crippen molar-refractivity contribution in [2.45, 2.75) is 52.9 Å². The highest BCUT2D eigenvalue weighted by Crippen LogP contribution is 2.33. The van der Waals surface area contributed by atoms with Crippen LogP contribution in [0.2, 0.25) is 0 Å². The van der Waals surface area contributed by atoms with Gasteiger partial charge in [0.15, 0.2) is 0 Å². The van der Waals surface area contributed by atoms with Crippen LogP contribution in [-0.2, 0) is 6.42 Å². The average molecular weight is 433 g/mol. The highest BCUT2D eigenvalue weighted by atomic mass is 32.1. The zero-order chi connectivity index (χ0) is 21.3. The van der Waals surface area contributed by atoms with Gasteiger partial charge in [0.2, 0.25) is 0 Å². The molecule has 4 aromatic rings. The first-order valence-corrected chi connectivity index (χ1v) is 12.2. The van der Waals surface area contributed by atoms with E-state index >= 15 is 0 Å². The van der Waals surface area contributed by atoms with E-state index in [1.807, 2.05) is 0 Å². The predicted octanol–water partition coefficient (Wildman–Crippen LogP) is 8.02. The van der Waals surface area contributed by atoms with Gasteiger partial charge in [-0.1, -0.05) is 68.8 Å². The van der Waals surface area contributed by atoms with Crippen molar-refractivity contribution in [1.29, 1.82) is 0 Å². The molecule has 0 amide bonds. The third kappa shape index (κ3) is 4.40. The van der Waals surface area contributed by atoms with E-state index in [-0.39, 0.29) is 0 Å². The SMILES string of the molecule is Cc1ccc(-c2csc(C(C)Cc3cccc(-c4csc(C(C)C)n4)c3C)n2)cc1. The maximum absolute atomic E-state index is 4.95. The third-order valence-electron chi connectivity index (χ3n) is 5.55. The van der Waals surface area contributed by atoms with E-state index in [1.54, 1.807) is 22.7 Å². The summed E-state index contributed by atoms with van der Waals surface area (Å²) < 4.78 is 0. The summed E-state index contributed by atoms with van der Waals surface area (Å²) >= 11 is 3.53. The van der Waals surface area contributed by atoms with Crippen molar-refractivity contribution in [3.63, 3.8) is 0 Å². The van der Waals surface area contributed by atoms with Gasteiger partial charge in [0.1, 0.15) is 0 Å². The van der Waals surface area contributed by atoms with Gasteiger partial charge in [-0.15, -0.1) is 22.7 Å². The van der Waals surface area contributed by atoms with E-state index in [9.17, 15) is 0 Å². The molecule has 0 aliphatic heterocycles. The van der Waals surface area contributed by atoms with E-state index in [4.69, 9.17) is 9.97 Å². The smallest absolute Gasteiger partial charge is 0.0964 e. The fourth-order valence-electron chi connectivity index (χ4n) is 3.65. The molecule has 0 aliphatic carbocycles. The molecule has 0 bridgehead atoms. The zero-order valence-corrected chi connectivity index (χ0v) is 19.9. The Morgan fingerprint density at radius 1 is 0.800 bits per heavy atom. The van der Waals surface area contributed by atoms with Gasteiger partial charge in [-0.05, 0) is 31.4 Å². The topological polar surface area (TPSA) is 25.8 Å². The third-order valence-corrected chi connectivity index (χ3v) is 7.78. The van der Waals surface area contributed by atoms with Gasteiger partial charge < -0.3 is 0 Å². The van der Waals surface area contributed by atoms with Gasteiger partial charge in [-0.2, -0.15) is 0 Å². The van der Waals surface area contributed by atoms with Gasteiger partial charge >= 0.3 is 0 Å². The molecule has 2 aromatic heterocycles. The molecular formula is C26H28N2S2. The van der Waals surface area contributed by atoms with Crippen molar-refractivity contribution < 1.29 is 0 Å². The van der Waals surface area contributed by atoms with Gasteiger partial charge in [0, 0.05) is 33.7 Å². The fraction of sp³-hybridized carbons (Fsp3) is 0.308. The molecule has 2 aromatic carbocycles. The number of aryl methyl sites for hydroxylation is 1. The Kier molecular flexibility index (Phi) is 6.16. The van der Waals surface area contributed by atoms with E-state index in [0.29, 0.717) is 11.8 Å². The van der Waals surface area contributed by atoms with Crippen LogP contribution < -0.4 is 0 Å². The van der Waals surface area contributed by atoms with E-state index in [2.05, 4.69) is 87.8 Å². The Labute approximate surface area is 187 Å². The minimum Gasteiger partial charge on any atom is -0.241 e. The Morgan fingerprint density at radius 3 is 2.17 bits per heavy atom. The maximum Gasteiger partial charge on any atom is 0.0964 e. The summed E-state index contributed by atoms with van der Waals surface area (Å²) in [5.41, 5.74) is 8.62. The second-order valence-electron chi connectivity index (χ2n) is 8.36. The summed E-state index contributed by atoms with van der Waals surface area (Å²) in [6, 6.07) is 15.2. The summed E-state index contributed by atoms with van der Waals surface area (Å²) in [6.45, 7) is 11.0. The molecule has 1 unspecified atom stereocenters. The normalized spacial score (nSPS) is 12.5. The number of rotatable bonds is 6. The summed E-state index contributed by atoms with van der Waals surface area (Å²) in [5, 5.41) is 6.78. The predicted molar refractivity (Wildman–Crippen MR) is 131 cm³/mol. The first-order chi connectivity index (χ1) is 14.4. The molecule has 1 atom stereocenters. The number of thiazole rings is 2. The Bertz CT molecular complexity index is 1140. The number of hydrogen-bond donors (Lipinski definition) is 0. The number of benzene rings is 2. The van der Waals surface area contributed by atoms with Crippen molar-refractivity contribution in [1.82, 2.24) is 9.97 Å². The summed E-state index contributed by atoms with van der Waals surface area (Å²) in [6.07, 6.45) is 0.988. The molecule has 0 aliphatic rings. The van der Waals surface area contributed by atoms with Gasteiger partial charge in [0.05, 0.1) is 21.4 Å². The lowest BCUT2D eigenvalue weighted by Gasteiger charge is -2.13. The van der Waals surface area contributed by atoms with E-state index < -0.39 is 0 Å².